The number of aryl methyl sites for hydroxylation is 1. The van der Waals surface area contributed by atoms with Crippen LogP contribution in [0.25, 0.3) is 6.08 Å². The number of rotatable bonds is 4. The zero-order valence-corrected chi connectivity index (χ0v) is 17.5. The third kappa shape index (κ3) is 4.23. The maximum absolute atomic E-state index is 12.6. The summed E-state index contributed by atoms with van der Waals surface area (Å²) < 4.78 is 11.5. The minimum Gasteiger partial charge on any atom is -0.422 e. The highest BCUT2D eigenvalue weighted by atomic mass is 79.9. The molecule has 0 fully saturated rings. The van der Waals surface area contributed by atoms with Crippen molar-refractivity contribution in [2.75, 3.05) is 0 Å². The highest BCUT2D eigenvalue weighted by Gasteiger charge is 2.24. The third-order valence-corrected chi connectivity index (χ3v) is 5.12. The van der Waals surface area contributed by atoms with E-state index in [2.05, 4.69) is 20.9 Å². The second kappa shape index (κ2) is 8.47. The predicted molar refractivity (Wildman–Crippen MR) is 117 cm³/mol. The lowest BCUT2D eigenvalue weighted by molar-refractivity contribution is -0.129. The van der Waals surface area contributed by atoms with Crippen molar-refractivity contribution in [2.45, 2.75) is 6.92 Å². The molecule has 0 spiro atoms. The summed E-state index contributed by atoms with van der Waals surface area (Å²) in [5.74, 6) is -0.504. The summed E-state index contributed by atoms with van der Waals surface area (Å²) in [7, 11) is 0. The number of carbonyl (C=O) groups is 2. The molecule has 0 atom stereocenters. The van der Waals surface area contributed by atoms with Gasteiger partial charge in [-0.05, 0) is 59.3 Å². The fourth-order valence-electron chi connectivity index (χ4n) is 2.85. The van der Waals surface area contributed by atoms with Crippen molar-refractivity contribution in [1.29, 1.82) is 0 Å². The van der Waals surface area contributed by atoms with Gasteiger partial charge in [-0.1, -0.05) is 48.0 Å². The van der Waals surface area contributed by atoms with E-state index in [1.165, 1.54) is 0 Å². The van der Waals surface area contributed by atoms with Crippen molar-refractivity contribution in [2.24, 2.45) is 4.99 Å². The Labute approximate surface area is 181 Å². The average Bonchev–Trinajstić information content (AvgIpc) is 3.10. The Kier molecular flexibility index (Phi) is 5.59. The van der Waals surface area contributed by atoms with Crippen molar-refractivity contribution in [3.63, 3.8) is 0 Å². The number of nitrogens with zero attached hydrogens (tertiary/aromatic N) is 1. The molecule has 5 nitrogen and oxygen atoms in total. The zero-order valence-electron chi connectivity index (χ0n) is 16.0. The Morgan fingerprint density at radius 2 is 1.70 bits per heavy atom. The third-order valence-electron chi connectivity index (χ3n) is 4.43. The van der Waals surface area contributed by atoms with Gasteiger partial charge in [0, 0.05) is 15.6 Å². The SMILES string of the molecule is Cc1ccc(C2=N/C(=C\c3ccccc3OC(=O)c3ccccc3Br)C(=O)O2)cc1. The van der Waals surface area contributed by atoms with Gasteiger partial charge in [0.2, 0.25) is 5.90 Å². The van der Waals surface area contributed by atoms with Crippen molar-refractivity contribution in [3.8, 4) is 5.75 Å². The van der Waals surface area contributed by atoms with E-state index < -0.39 is 11.9 Å². The number of halogens is 1. The van der Waals surface area contributed by atoms with Crippen LogP contribution < -0.4 is 4.74 Å². The van der Waals surface area contributed by atoms with Crippen LogP contribution in [0.3, 0.4) is 0 Å². The van der Waals surface area contributed by atoms with E-state index >= 15 is 0 Å². The summed E-state index contributed by atoms with van der Waals surface area (Å²) in [6.45, 7) is 1.98. The molecule has 0 N–H and O–H groups in total. The van der Waals surface area contributed by atoms with Gasteiger partial charge in [0.25, 0.3) is 0 Å². The molecule has 0 aliphatic carbocycles. The first-order valence-corrected chi connectivity index (χ1v) is 9.96. The van der Waals surface area contributed by atoms with Crippen LogP contribution in [-0.4, -0.2) is 17.8 Å². The van der Waals surface area contributed by atoms with Crippen LogP contribution in [0.2, 0.25) is 0 Å². The second-order valence-electron chi connectivity index (χ2n) is 6.61. The number of hydrogen-bond acceptors (Lipinski definition) is 5. The minimum absolute atomic E-state index is 0.134. The summed E-state index contributed by atoms with van der Waals surface area (Å²) in [4.78, 5) is 29.2. The van der Waals surface area contributed by atoms with Crippen LogP contribution >= 0.6 is 15.9 Å². The number of hydrogen-bond donors (Lipinski definition) is 0. The maximum atomic E-state index is 12.6. The Hall–Kier alpha value is -3.51. The van der Waals surface area contributed by atoms with Gasteiger partial charge in [0.15, 0.2) is 5.70 Å². The molecule has 1 aliphatic heterocycles. The summed E-state index contributed by atoms with van der Waals surface area (Å²) in [6.07, 6.45) is 1.55. The van der Waals surface area contributed by atoms with Crippen LogP contribution in [0.15, 0.2) is 88.0 Å². The molecule has 6 heteroatoms. The lowest BCUT2D eigenvalue weighted by Crippen LogP contribution is -2.10. The minimum atomic E-state index is -0.558. The Morgan fingerprint density at radius 3 is 2.47 bits per heavy atom. The van der Waals surface area contributed by atoms with Gasteiger partial charge in [-0.15, -0.1) is 0 Å². The van der Waals surface area contributed by atoms with Gasteiger partial charge in [-0.25, -0.2) is 14.6 Å². The van der Waals surface area contributed by atoms with Crippen LogP contribution in [0.4, 0.5) is 0 Å². The Morgan fingerprint density at radius 1 is 1.00 bits per heavy atom. The highest BCUT2D eigenvalue weighted by Crippen LogP contribution is 2.26. The largest absolute Gasteiger partial charge is 0.422 e. The van der Waals surface area contributed by atoms with E-state index in [4.69, 9.17) is 9.47 Å². The number of cyclic esters (lactones) is 1. The van der Waals surface area contributed by atoms with E-state index in [9.17, 15) is 9.59 Å². The molecular formula is C24H16BrNO4. The number of esters is 2. The molecule has 0 amide bonds. The van der Waals surface area contributed by atoms with Gasteiger partial charge in [-0.3, -0.25) is 0 Å². The standard InChI is InChI=1S/C24H16BrNO4/c1-15-10-12-16(13-11-15)22-26-20(24(28)30-22)14-17-6-2-5-9-21(17)29-23(27)18-7-3-4-8-19(18)25/h2-14H,1H3/b20-14-. The molecule has 0 unspecified atom stereocenters. The van der Waals surface area contributed by atoms with E-state index in [1.54, 1.807) is 48.5 Å². The van der Waals surface area contributed by atoms with E-state index in [-0.39, 0.29) is 11.6 Å². The fourth-order valence-corrected chi connectivity index (χ4v) is 3.30. The number of aliphatic imine (C=N–C) groups is 1. The van der Waals surface area contributed by atoms with Gasteiger partial charge >= 0.3 is 11.9 Å². The van der Waals surface area contributed by atoms with Gasteiger partial charge in [0.05, 0.1) is 5.56 Å². The summed E-state index contributed by atoms with van der Waals surface area (Å²) in [5, 5.41) is 0. The smallest absolute Gasteiger partial charge is 0.363 e. The van der Waals surface area contributed by atoms with Crippen LogP contribution in [0, 0.1) is 6.92 Å². The van der Waals surface area contributed by atoms with E-state index in [1.807, 2.05) is 37.3 Å². The van der Waals surface area contributed by atoms with Crippen molar-refractivity contribution in [3.05, 3.63) is 105 Å². The molecule has 0 saturated heterocycles. The molecule has 148 valence electrons. The summed E-state index contributed by atoms with van der Waals surface area (Å²) >= 11 is 3.35. The average molecular weight is 462 g/mol. The highest BCUT2D eigenvalue weighted by molar-refractivity contribution is 9.10. The monoisotopic (exact) mass is 461 g/mol. The van der Waals surface area contributed by atoms with Crippen LogP contribution in [0.1, 0.15) is 27.0 Å². The Balaban J connectivity index is 1.63. The van der Waals surface area contributed by atoms with Gasteiger partial charge < -0.3 is 9.47 Å². The molecule has 4 rings (SSSR count). The number of para-hydroxylation sites is 1. The molecule has 3 aromatic carbocycles. The number of benzene rings is 3. The number of ether oxygens (including phenoxy) is 2. The quantitative estimate of drug-likeness (QED) is 0.299. The van der Waals surface area contributed by atoms with Gasteiger partial charge in [-0.2, -0.15) is 0 Å². The molecule has 0 aromatic heterocycles. The first kappa shape index (κ1) is 19.8. The number of carbonyl (C=O) groups excluding carboxylic acids is 2. The fraction of sp³-hybridized carbons (Fsp3) is 0.0417. The topological polar surface area (TPSA) is 65.0 Å². The van der Waals surface area contributed by atoms with Crippen molar-refractivity contribution in [1.82, 2.24) is 0 Å². The summed E-state index contributed by atoms with van der Waals surface area (Å²) in [5.41, 5.74) is 2.89. The molecule has 0 saturated carbocycles. The molecule has 3 aromatic rings. The van der Waals surface area contributed by atoms with Crippen LogP contribution in [0.5, 0.6) is 5.75 Å². The molecular weight excluding hydrogens is 446 g/mol. The van der Waals surface area contributed by atoms with E-state index in [0.29, 0.717) is 26.9 Å². The molecule has 0 bridgehead atoms. The maximum Gasteiger partial charge on any atom is 0.363 e. The molecule has 1 heterocycles. The van der Waals surface area contributed by atoms with Crippen molar-refractivity contribution >= 4 is 39.8 Å². The first-order valence-electron chi connectivity index (χ1n) is 9.16. The summed E-state index contributed by atoms with van der Waals surface area (Å²) in [6, 6.07) is 21.5. The molecule has 0 radical (unpaired) electrons. The lowest BCUT2D eigenvalue weighted by atomic mass is 10.1. The van der Waals surface area contributed by atoms with Crippen LogP contribution in [-0.2, 0) is 9.53 Å². The first-order chi connectivity index (χ1) is 14.5. The van der Waals surface area contributed by atoms with Crippen molar-refractivity contribution < 1.29 is 19.1 Å². The van der Waals surface area contributed by atoms with Gasteiger partial charge in [0.1, 0.15) is 5.75 Å². The Bertz CT molecular complexity index is 1200. The molecule has 1 aliphatic rings. The van der Waals surface area contributed by atoms with E-state index in [0.717, 1.165) is 5.56 Å². The predicted octanol–water partition coefficient (Wildman–Crippen LogP) is 5.32. The normalized spacial score (nSPS) is 14.4. The lowest BCUT2D eigenvalue weighted by Gasteiger charge is -2.08. The zero-order chi connectivity index (χ0) is 21.1. The second-order valence-corrected chi connectivity index (χ2v) is 7.46. The molecule has 30 heavy (non-hydrogen) atoms.